The van der Waals surface area contributed by atoms with Crippen LogP contribution in [0.3, 0.4) is 0 Å². The first-order valence-corrected chi connectivity index (χ1v) is 4.36. The molecule has 0 saturated heterocycles. The van der Waals surface area contributed by atoms with Crippen LogP contribution in [0, 0.1) is 0 Å². The van der Waals surface area contributed by atoms with Gasteiger partial charge in [0.15, 0.2) is 5.78 Å². The third kappa shape index (κ3) is 4.61. The van der Waals surface area contributed by atoms with Crippen LogP contribution in [0.15, 0.2) is 11.8 Å². The van der Waals surface area contributed by atoms with Gasteiger partial charge < -0.3 is 4.74 Å². The molecule has 5 heteroatoms. The minimum Gasteiger partial charge on any atom is -0.461 e. The van der Waals surface area contributed by atoms with Gasteiger partial charge in [-0.15, -0.1) is 0 Å². The number of ketones is 1. The summed E-state index contributed by atoms with van der Waals surface area (Å²) in [4.78, 5) is 26.8. The van der Waals surface area contributed by atoms with Crippen LogP contribution in [0.4, 0.5) is 0 Å². The van der Waals surface area contributed by atoms with Crippen molar-refractivity contribution in [2.75, 3.05) is 13.7 Å². The third-order valence-corrected chi connectivity index (χ3v) is 1.36. The predicted octanol–water partition coefficient (Wildman–Crippen LogP) is 0.563. The van der Waals surface area contributed by atoms with Gasteiger partial charge in [-0.1, -0.05) is 6.92 Å². The van der Waals surface area contributed by atoms with Gasteiger partial charge in [0.25, 0.3) is 0 Å². The van der Waals surface area contributed by atoms with Gasteiger partial charge in [-0.25, -0.2) is 4.79 Å². The number of esters is 1. The molecule has 0 aromatic rings. The average molecular weight is 201 g/mol. The third-order valence-electron chi connectivity index (χ3n) is 1.36. The van der Waals surface area contributed by atoms with E-state index in [0.717, 1.165) is 0 Å². The molecule has 14 heavy (non-hydrogen) atoms. The van der Waals surface area contributed by atoms with E-state index in [1.54, 1.807) is 13.8 Å². The number of carbonyl (C=O) groups excluding carboxylic acids is 2. The first-order valence-electron chi connectivity index (χ1n) is 4.36. The summed E-state index contributed by atoms with van der Waals surface area (Å²) in [5.41, 5.74) is 2.31. The first kappa shape index (κ1) is 12.6. The first-order chi connectivity index (χ1) is 6.65. The monoisotopic (exact) mass is 201 g/mol. The second-order valence-corrected chi connectivity index (χ2v) is 2.40. The Morgan fingerprint density at radius 1 is 1.36 bits per heavy atom. The average Bonchev–Trinajstić information content (AvgIpc) is 2.17. The Balaban J connectivity index is 4.49. The van der Waals surface area contributed by atoms with E-state index in [4.69, 9.17) is 4.74 Å². The molecular formula is C9H15NO4. The number of hydrogen-bond acceptors (Lipinski definition) is 5. The summed E-state index contributed by atoms with van der Waals surface area (Å²) in [6.07, 6.45) is 1.50. The van der Waals surface area contributed by atoms with Gasteiger partial charge in [-0.2, -0.15) is 0 Å². The van der Waals surface area contributed by atoms with Crippen LogP contribution in [0.2, 0.25) is 0 Å². The molecule has 0 fully saturated rings. The molecule has 5 nitrogen and oxygen atoms in total. The SMILES string of the molecule is CCOC(=O)C(=CC(=O)CC)NOC. The summed E-state index contributed by atoms with van der Waals surface area (Å²) in [6, 6.07) is 0. The number of hydroxylamine groups is 1. The molecule has 0 bridgehead atoms. The number of allylic oxidation sites excluding steroid dienone is 1. The van der Waals surface area contributed by atoms with Crippen LogP contribution in [0.1, 0.15) is 20.3 Å². The van der Waals surface area contributed by atoms with Gasteiger partial charge in [-0.05, 0) is 6.92 Å². The van der Waals surface area contributed by atoms with Crippen molar-refractivity contribution in [1.29, 1.82) is 0 Å². The zero-order valence-corrected chi connectivity index (χ0v) is 8.62. The number of rotatable bonds is 6. The molecule has 0 aromatic heterocycles. The zero-order valence-electron chi connectivity index (χ0n) is 8.62. The van der Waals surface area contributed by atoms with E-state index in [9.17, 15) is 9.59 Å². The van der Waals surface area contributed by atoms with E-state index in [2.05, 4.69) is 10.3 Å². The van der Waals surface area contributed by atoms with Crippen LogP contribution in [0.5, 0.6) is 0 Å². The van der Waals surface area contributed by atoms with E-state index >= 15 is 0 Å². The molecule has 1 N–H and O–H groups in total. The Morgan fingerprint density at radius 3 is 2.43 bits per heavy atom. The molecule has 0 aromatic carbocycles. The van der Waals surface area contributed by atoms with E-state index in [-0.39, 0.29) is 18.1 Å². The lowest BCUT2D eigenvalue weighted by molar-refractivity contribution is -0.140. The zero-order chi connectivity index (χ0) is 11.0. The predicted molar refractivity (Wildman–Crippen MR) is 50.2 cm³/mol. The van der Waals surface area contributed by atoms with Gasteiger partial charge >= 0.3 is 5.97 Å². The number of nitrogens with one attached hydrogen (secondary N) is 1. The summed E-state index contributed by atoms with van der Waals surface area (Å²) in [6.45, 7) is 3.64. The van der Waals surface area contributed by atoms with Crippen molar-refractivity contribution in [2.24, 2.45) is 0 Å². The molecule has 0 aliphatic carbocycles. The van der Waals surface area contributed by atoms with Gasteiger partial charge in [0.2, 0.25) is 0 Å². The molecule has 0 atom stereocenters. The Kier molecular flexibility index (Phi) is 6.39. The maximum atomic E-state index is 11.2. The van der Waals surface area contributed by atoms with E-state index < -0.39 is 5.97 Å². The molecule has 0 radical (unpaired) electrons. The quantitative estimate of drug-likeness (QED) is 0.386. The fourth-order valence-corrected chi connectivity index (χ4v) is 0.712. The van der Waals surface area contributed by atoms with Crippen molar-refractivity contribution >= 4 is 11.8 Å². The summed E-state index contributed by atoms with van der Waals surface area (Å²) < 4.78 is 4.70. The normalized spacial score (nSPS) is 10.9. The van der Waals surface area contributed by atoms with Gasteiger partial charge in [0, 0.05) is 12.5 Å². The summed E-state index contributed by atoms with van der Waals surface area (Å²) in [5, 5.41) is 0. The molecule has 80 valence electrons. The van der Waals surface area contributed by atoms with Crippen molar-refractivity contribution in [3.63, 3.8) is 0 Å². The summed E-state index contributed by atoms with van der Waals surface area (Å²) in [5.74, 6) is -0.770. The van der Waals surface area contributed by atoms with Crippen molar-refractivity contribution in [3.8, 4) is 0 Å². The van der Waals surface area contributed by atoms with Crippen LogP contribution in [-0.2, 0) is 19.2 Å². The lowest BCUT2D eigenvalue weighted by Gasteiger charge is -2.06. The minimum absolute atomic E-state index is 0.0150. The van der Waals surface area contributed by atoms with Gasteiger partial charge in [0.1, 0.15) is 5.70 Å². The summed E-state index contributed by atoms with van der Waals surface area (Å²) >= 11 is 0. The highest BCUT2D eigenvalue weighted by molar-refractivity contribution is 5.98. The second kappa shape index (κ2) is 7.08. The number of ether oxygens (including phenoxy) is 1. The lowest BCUT2D eigenvalue weighted by Crippen LogP contribution is -2.22. The van der Waals surface area contributed by atoms with Crippen molar-refractivity contribution < 1.29 is 19.2 Å². The fraction of sp³-hybridized carbons (Fsp3) is 0.556. The molecule has 0 heterocycles. The molecular weight excluding hydrogens is 186 g/mol. The maximum absolute atomic E-state index is 11.2. The smallest absolute Gasteiger partial charge is 0.356 e. The molecule has 0 amide bonds. The molecule has 0 aliphatic heterocycles. The Morgan fingerprint density at radius 2 is 2.00 bits per heavy atom. The van der Waals surface area contributed by atoms with E-state index in [1.807, 2.05) is 0 Å². The van der Waals surface area contributed by atoms with Gasteiger partial charge in [-0.3, -0.25) is 15.1 Å². The molecule has 0 saturated carbocycles. The molecule has 0 aliphatic rings. The van der Waals surface area contributed by atoms with E-state index in [0.29, 0.717) is 6.42 Å². The number of hydrogen-bond donors (Lipinski definition) is 1. The maximum Gasteiger partial charge on any atom is 0.356 e. The van der Waals surface area contributed by atoms with Crippen LogP contribution >= 0.6 is 0 Å². The van der Waals surface area contributed by atoms with Crippen molar-refractivity contribution in [1.82, 2.24) is 5.48 Å². The second-order valence-electron chi connectivity index (χ2n) is 2.40. The Hall–Kier alpha value is -1.36. The Labute approximate surface area is 83.0 Å². The topological polar surface area (TPSA) is 64.6 Å². The van der Waals surface area contributed by atoms with Crippen molar-refractivity contribution in [3.05, 3.63) is 11.8 Å². The standard InChI is InChI=1S/C9H15NO4/c1-4-7(11)6-8(10-13-3)9(12)14-5-2/h6,10H,4-5H2,1-3H3. The fourth-order valence-electron chi connectivity index (χ4n) is 0.712. The highest BCUT2D eigenvalue weighted by atomic mass is 16.6. The van der Waals surface area contributed by atoms with Crippen LogP contribution in [0.25, 0.3) is 0 Å². The lowest BCUT2D eigenvalue weighted by atomic mass is 10.2. The largest absolute Gasteiger partial charge is 0.461 e. The van der Waals surface area contributed by atoms with Crippen molar-refractivity contribution in [2.45, 2.75) is 20.3 Å². The molecule has 0 spiro atoms. The van der Waals surface area contributed by atoms with Gasteiger partial charge in [0.05, 0.1) is 13.7 Å². The minimum atomic E-state index is -0.601. The van der Waals surface area contributed by atoms with Crippen LogP contribution < -0.4 is 5.48 Å². The highest BCUT2D eigenvalue weighted by Crippen LogP contribution is 1.96. The Bertz CT molecular complexity index is 235. The highest BCUT2D eigenvalue weighted by Gasteiger charge is 2.11. The molecule has 0 unspecified atom stereocenters. The summed E-state index contributed by atoms with van der Waals surface area (Å²) in [7, 11) is 1.35. The number of carbonyl (C=O) groups is 2. The molecule has 0 rings (SSSR count). The van der Waals surface area contributed by atoms with E-state index in [1.165, 1.54) is 13.2 Å². The van der Waals surface area contributed by atoms with Crippen LogP contribution in [-0.4, -0.2) is 25.5 Å².